The van der Waals surface area contributed by atoms with E-state index in [1.54, 1.807) is 6.08 Å². The highest BCUT2D eigenvalue weighted by atomic mass is 16.5. The lowest BCUT2D eigenvalue weighted by Crippen LogP contribution is -1.97. The van der Waals surface area contributed by atoms with Gasteiger partial charge in [0.15, 0.2) is 0 Å². The number of benzene rings is 1. The Labute approximate surface area is 170 Å². The Balaban J connectivity index is 2.44. The van der Waals surface area contributed by atoms with E-state index in [1.807, 2.05) is 31.2 Å². The fraction of sp³-hybridized carbons (Fsp3) is 0.400. The summed E-state index contributed by atoms with van der Waals surface area (Å²) in [6.07, 6.45) is 16.2. The fourth-order valence-corrected chi connectivity index (χ4v) is 2.57. The Bertz CT molecular complexity index is 732. The van der Waals surface area contributed by atoms with Crippen molar-refractivity contribution in [1.82, 2.24) is 0 Å². The molecule has 0 saturated heterocycles. The van der Waals surface area contributed by atoms with Crippen LogP contribution >= 0.6 is 0 Å². The van der Waals surface area contributed by atoms with Crippen LogP contribution in [0, 0.1) is 6.92 Å². The molecule has 28 heavy (non-hydrogen) atoms. The van der Waals surface area contributed by atoms with Gasteiger partial charge in [0.1, 0.15) is 12.4 Å². The maximum atomic E-state index is 11.3. The van der Waals surface area contributed by atoms with E-state index in [0.29, 0.717) is 6.61 Å². The number of hydrogen-bond acceptors (Lipinski definition) is 3. The summed E-state index contributed by atoms with van der Waals surface area (Å²) in [5, 5.41) is 0. The van der Waals surface area contributed by atoms with Crippen LogP contribution < -0.4 is 4.74 Å². The summed E-state index contributed by atoms with van der Waals surface area (Å²) < 4.78 is 10.5. The highest BCUT2D eigenvalue weighted by Crippen LogP contribution is 2.22. The van der Waals surface area contributed by atoms with Crippen molar-refractivity contribution in [3.63, 3.8) is 0 Å². The molecule has 152 valence electrons. The number of methoxy groups -OCH3 is 1. The Morgan fingerprint density at radius 3 is 2.54 bits per heavy atom. The Morgan fingerprint density at radius 1 is 1.04 bits per heavy atom. The number of unbranched alkanes of at least 4 members (excludes halogenated alkanes) is 1. The number of allylic oxidation sites excluding steroid dienone is 5. The monoisotopic (exact) mass is 382 g/mol. The molecule has 0 fully saturated rings. The summed E-state index contributed by atoms with van der Waals surface area (Å²) >= 11 is 0. The van der Waals surface area contributed by atoms with Gasteiger partial charge in [-0.1, -0.05) is 47.6 Å². The van der Waals surface area contributed by atoms with Crippen LogP contribution in [0.5, 0.6) is 5.75 Å². The van der Waals surface area contributed by atoms with Crippen molar-refractivity contribution < 1.29 is 14.3 Å². The second-order valence-corrected chi connectivity index (χ2v) is 7.13. The van der Waals surface area contributed by atoms with Gasteiger partial charge in [-0.05, 0) is 71.1 Å². The lowest BCUT2D eigenvalue weighted by atomic mass is 10.1. The predicted molar refractivity (Wildman–Crippen MR) is 119 cm³/mol. The molecule has 0 saturated carbocycles. The zero-order valence-electron chi connectivity index (χ0n) is 18.0. The number of ether oxygens (including phenoxy) is 2. The van der Waals surface area contributed by atoms with E-state index in [0.717, 1.165) is 42.6 Å². The Kier molecular flexibility index (Phi) is 11.4. The molecule has 0 aliphatic heterocycles. The van der Waals surface area contributed by atoms with E-state index in [9.17, 15) is 4.79 Å². The van der Waals surface area contributed by atoms with E-state index in [1.165, 1.54) is 24.3 Å². The molecule has 3 nitrogen and oxygen atoms in total. The summed E-state index contributed by atoms with van der Waals surface area (Å²) in [5.74, 6) is 0.385. The summed E-state index contributed by atoms with van der Waals surface area (Å²) in [5.41, 5.74) is 4.81. The van der Waals surface area contributed by atoms with Crippen molar-refractivity contribution in [1.29, 1.82) is 0 Å². The molecule has 1 aromatic carbocycles. The van der Waals surface area contributed by atoms with Gasteiger partial charge in [-0.2, -0.15) is 0 Å². The maximum absolute atomic E-state index is 11.3. The van der Waals surface area contributed by atoms with Crippen LogP contribution in [0.15, 0.2) is 59.7 Å². The first-order valence-electron chi connectivity index (χ1n) is 9.86. The summed E-state index contributed by atoms with van der Waals surface area (Å²) in [7, 11) is 1.36. The van der Waals surface area contributed by atoms with Crippen LogP contribution in [0.4, 0.5) is 0 Å². The maximum Gasteiger partial charge on any atom is 0.330 e. The first-order chi connectivity index (χ1) is 13.4. The third kappa shape index (κ3) is 10.6. The van der Waals surface area contributed by atoms with Crippen LogP contribution in [0.3, 0.4) is 0 Å². The van der Waals surface area contributed by atoms with Gasteiger partial charge in [0, 0.05) is 11.6 Å². The summed E-state index contributed by atoms with van der Waals surface area (Å²) in [6, 6.07) is 5.91. The average Bonchev–Trinajstić information content (AvgIpc) is 2.65. The second-order valence-electron chi connectivity index (χ2n) is 7.13. The smallest absolute Gasteiger partial charge is 0.330 e. The molecular formula is C25H34O3. The fourth-order valence-electron chi connectivity index (χ4n) is 2.57. The van der Waals surface area contributed by atoms with Gasteiger partial charge in [0.2, 0.25) is 0 Å². The number of hydrogen-bond donors (Lipinski definition) is 0. The van der Waals surface area contributed by atoms with Crippen molar-refractivity contribution in [3.05, 3.63) is 70.9 Å². The van der Waals surface area contributed by atoms with Crippen LogP contribution in [0.2, 0.25) is 0 Å². The minimum atomic E-state index is -0.379. The molecule has 1 aromatic rings. The van der Waals surface area contributed by atoms with Crippen molar-refractivity contribution in [3.8, 4) is 5.75 Å². The van der Waals surface area contributed by atoms with E-state index >= 15 is 0 Å². The molecule has 0 heterocycles. The highest BCUT2D eigenvalue weighted by Gasteiger charge is 2.02. The van der Waals surface area contributed by atoms with E-state index in [4.69, 9.17) is 4.74 Å². The van der Waals surface area contributed by atoms with Gasteiger partial charge in [-0.25, -0.2) is 4.79 Å². The SMILES string of the molecule is COC(=O)/C=C/c1ccc(C)cc1OC/C=C/CC/C=C(/C)CCC=C(C)C. The van der Waals surface area contributed by atoms with Crippen molar-refractivity contribution in [2.45, 2.75) is 53.4 Å². The molecule has 0 aliphatic rings. The molecule has 0 aromatic heterocycles. The summed E-state index contributed by atoms with van der Waals surface area (Å²) in [4.78, 5) is 11.3. The van der Waals surface area contributed by atoms with Crippen LogP contribution in [0.25, 0.3) is 6.08 Å². The third-order valence-electron chi connectivity index (χ3n) is 4.19. The standard InChI is InChI=1S/C25H34O3/c1-20(2)11-10-13-21(3)12-8-6-7-9-18-28-24-19-22(4)14-15-23(24)16-17-25(26)27-5/h7,9,11-12,14-17,19H,6,8,10,13,18H2,1-5H3/b9-7+,17-16+,21-12-. The largest absolute Gasteiger partial charge is 0.489 e. The predicted octanol–water partition coefficient (Wildman–Crippen LogP) is 6.59. The molecule has 0 unspecified atom stereocenters. The number of aryl methyl sites for hydroxylation is 1. The number of esters is 1. The van der Waals surface area contributed by atoms with E-state index in [2.05, 4.69) is 43.7 Å². The van der Waals surface area contributed by atoms with Crippen LogP contribution in [-0.2, 0) is 9.53 Å². The highest BCUT2D eigenvalue weighted by molar-refractivity contribution is 5.87. The first kappa shape index (κ1) is 23.5. The van der Waals surface area contributed by atoms with E-state index < -0.39 is 0 Å². The minimum absolute atomic E-state index is 0.379. The molecule has 0 bridgehead atoms. The second kappa shape index (κ2) is 13.6. The minimum Gasteiger partial charge on any atom is -0.489 e. The van der Waals surface area contributed by atoms with Crippen LogP contribution in [-0.4, -0.2) is 19.7 Å². The van der Waals surface area contributed by atoms with Gasteiger partial charge in [0.25, 0.3) is 0 Å². The molecular weight excluding hydrogens is 348 g/mol. The average molecular weight is 383 g/mol. The lowest BCUT2D eigenvalue weighted by molar-refractivity contribution is -0.134. The molecule has 0 amide bonds. The third-order valence-corrected chi connectivity index (χ3v) is 4.19. The van der Waals surface area contributed by atoms with Crippen molar-refractivity contribution >= 4 is 12.0 Å². The van der Waals surface area contributed by atoms with Gasteiger partial charge >= 0.3 is 5.97 Å². The molecule has 0 spiro atoms. The molecule has 1 rings (SSSR count). The molecule has 3 heteroatoms. The molecule has 0 aliphatic carbocycles. The quantitative estimate of drug-likeness (QED) is 0.187. The van der Waals surface area contributed by atoms with Gasteiger partial charge < -0.3 is 9.47 Å². The Hall–Kier alpha value is -2.55. The number of carbonyl (C=O) groups is 1. The van der Waals surface area contributed by atoms with Gasteiger partial charge in [-0.3, -0.25) is 0 Å². The molecule has 0 N–H and O–H groups in total. The van der Waals surface area contributed by atoms with Crippen molar-refractivity contribution in [2.75, 3.05) is 13.7 Å². The molecule has 0 radical (unpaired) electrons. The summed E-state index contributed by atoms with van der Waals surface area (Å²) in [6.45, 7) is 9.00. The van der Waals surface area contributed by atoms with Crippen LogP contribution in [0.1, 0.15) is 57.6 Å². The lowest BCUT2D eigenvalue weighted by Gasteiger charge is -2.08. The van der Waals surface area contributed by atoms with Gasteiger partial charge in [0.05, 0.1) is 7.11 Å². The normalized spacial score (nSPS) is 11.8. The number of carbonyl (C=O) groups excluding carboxylic acids is 1. The zero-order chi connectivity index (χ0) is 20.8. The van der Waals surface area contributed by atoms with Crippen molar-refractivity contribution in [2.24, 2.45) is 0 Å². The zero-order valence-corrected chi connectivity index (χ0v) is 18.0. The topological polar surface area (TPSA) is 35.5 Å². The van der Waals surface area contributed by atoms with Gasteiger partial charge in [-0.15, -0.1) is 0 Å². The molecule has 0 atom stereocenters. The van der Waals surface area contributed by atoms with E-state index in [-0.39, 0.29) is 5.97 Å². The first-order valence-corrected chi connectivity index (χ1v) is 9.86. The number of rotatable bonds is 11. The Morgan fingerprint density at radius 2 is 1.82 bits per heavy atom.